The van der Waals surface area contributed by atoms with Gasteiger partial charge in [-0.2, -0.15) is 0 Å². The Kier molecular flexibility index (Phi) is 6.29. The summed E-state index contributed by atoms with van der Waals surface area (Å²) >= 11 is 0. The third kappa shape index (κ3) is 4.33. The molecule has 0 radical (unpaired) electrons. The number of carboxylic acids is 1. The highest BCUT2D eigenvalue weighted by Crippen LogP contribution is 2.26. The van der Waals surface area contributed by atoms with Crippen molar-refractivity contribution in [1.82, 2.24) is 14.4 Å². The number of pyridine rings is 1. The number of likely N-dealkylation sites (tertiary alicyclic amines) is 2. The molecule has 6 nitrogen and oxygen atoms in total. The van der Waals surface area contributed by atoms with Gasteiger partial charge in [0, 0.05) is 42.1 Å². The molecule has 0 saturated carbocycles. The molecule has 5 rings (SSSR count). The van der Waals surface area contributed by atoms with Crippen LogP contribution in [0.3, 0.4) is 0 Å². The first kappa shape index (κ1) is 21.9. The van der Waals surface area contributed by atoms with E-state index in [9.17, 15) is 14.7 Å². The molecule has 0 amide bonds. The Hall–Kier alpha value is -2.96. The average molecular weight is 446 g/mol. The Morgan fingerprint density at radius 2 is 1.48 bits per heavy atom. The van der Waals surface area contributed by atoms with Crippen molar-refractivity contribution in [2.45, 2.75) is 44.7 Å². The van der Waals surface area contributed by atoms with Crippen LogP contribution in [0, 0.1) is 0 Å². The Balaban J connectivity index is 1.52. The Morgan fingerprint density at radius 3 is 2.15 bits per heavy atom. The fourth-order valence-electron chi connectivity index (χ4n) is 5.57. The van der Waals surface area contributed by atoms with E-state index in [0.29, 0.717) is 34.7 Å². The van der Waals surface area contributed by atoms with Crippen LogP contribution in [0.15, 0.2) is 59.4 Å². The van der Waals surface area contributed by atoms with E-state index in [1.54, 1.807) is 28.8 Å². The Morgan fingerprint density at radius 1 is 0.848 bits per heavy atom. The van der Waals surface area contributed by atoms with Crippen LogP contribution in [0.4, 0.5) is 0 Å². The van der Waals surface area contributed by atoms with Gasteiger partial charge in [0.05, 0.1) is 11.3 Å². The van der Waals surface area contributed by atoms with E-state index in [1.165, 1.54) is 32.4 Å². The first-order valence-corrected chi connectivity index (χ1v) is 12.1. The largest absolute Gasteiger partial charge is 0.478 e. The Bertz CT molecular complexity index is 1190. The number of hydrogen-bond acceptors (Lipinski definition) is 4. The molecule has 0 aliphatic carbocycles. The van der Waals surface area contributed by atoms with E-state index in [1.807, 2.05) is 30.3 Å². The Labute approximate surface area is 194 Å². The van der Waals surface area contributed by atoms with Gasteiger partial charge in [-0.1, -0.05) is 42.8 Å². The number of nitrogens with zero attached hydrogens (tertiary/aromatic N) is 3. The number of hydrogen-bond donors (Lipinski definition) is 1. The zero-order valence-corrected chi connectivity index (χ0v) is 18.9. The van der Waals surface area contributed by atoms with Crippen molar-refractivity contribution >= 4 is 16.7 Å². The van der Waals surface area contributed by atoms with Gasteiger partial charge in [0.2, 0.25) is 0 Å². The first-order chi connectivity index (χ1) is 16.1. The van der Waals surface area contributed by atoms with E-state index >= 15 is 0 Å². The second-order valence-electron chi connectivity index (χ2n) is 9.25. The van der Waals surface area contributed by atoms with Gasteiger partial charge < -0.3 is 10.0 Å². The summed E-state index contributed by atoms with van der Waals surface area (Å²) in [4.78, 5) is 31.0. The SMILES string of the molecule is O=C(O)c1c(CN2CCC(N3CCCCC3)CC2)n(-c2ccccc2)c(=O)c2ccccc12. The van der Waals surface area contributed by atoms with Gasteiger partial charge in [0.1, 0.15) is 0 Å². The molecule has 2 aliphatic heterocycles. The third-order valence-corrected chi connectivity index (χ3v) is 7.25. The van der Waals surface area contributed by atoms with Gasteiger partial charge >= 0.3 is 5.97 Å². The van der Waals surface area contributed by atoms with Crippen LogP contribution >= 0.6 is 0 Å². The summed E-state index contributed by atoms with van der Waals surface area (Å²) in [5.74, 6) is -0.992. The molecule has 6 heteroatoms. The van der Waals surface area contributed by atoms with E-state index in [2.05, 4.69) is 9.80 Å². The lowest BCUT2D eigenvalue weighted by molar-refractivity contribution is 0.0690. The van der Waals surface area contributed by atoms with E-state index in [-0.39, 0.29) is 11.1 Å². The summed E-state index contributed by atoms with van der Waals surface area (Å²) < 4.78 is 1.61. The van der Waals surface area contributed by atoms with Crippen molar-refractivity contribution in [3.05, 3.63) is 76.2 Å². The van der Waals surface area contributed by atoms with Crippen molar-refractivity contribution in [1.29, 1.82) is 0 Å². The molecule has 0 unspecified atom stereocenters. The van der Waals surface area contributed by atoms with Gasteiger partial charge in [-0.15, -0.1) is 0 Å². The lowest BCUT2D eigenvalue weighted by atomic mass is 9.98. The summed E-state index contributed by atoms with van der Waals surface area (Å²) in [5.41, 5.74) is 1.33. The lowest BCUT2D eigenvalue weighted by Gasteiger charge is -2.40. The summed E-state index contributed by atoms with van der Waals surface area (Å²) in [7, 11) is 0. The van der Waals surface area contributed by atoms with Crippen LogP contribution in [0.5, 0.6) is 0 Å². The molecular weight excluding hydrogens is 414 g/mol. The molecule has 1 N–H and O–H groups in total. The van der Waals surface area contributed by atoms with Crippen LogP contribution in [0.2, 0.25) is 0 Å². The van der Waals surface area contributed by atoms with Crippen molar-refractivity contribution in [3.8, 4) is 5.69 Å². The second-order valence-corrected chi connectivity index (χ2v) is 9.25. The maximum Gasteiger partial charge on any atom is 0.338 e. The molecule has 2 aliphatic rings. The smallest absolute Gasteiger partial charge is 0.338 e. The lowest BCUT2D eigenvalue weighted by Crippen LogP contribution is -2.46. The molecule has 3 heterocycles. The molecule has 0 spiro atoms. The van der Waals surface area contributed by atoms with Crippen LogP contribution in [-0.2, 0) is 6.54 Å². The topological polar surface area (TPSA) is 65.8 Å². The van der Waals surface area contributed by atoms with Crippen LogP contribution in [0.1, 0.15) is 48.2 Å². The minimum atomic E-state index is -0.992. The fourth-order valence-corrected chi connectivity index (χ4v) is 5.57. The van der Waals surface area contributed by atoms with Crippen LogP contribution in [-0.4, -0.2) is 57.7 Å². The predicted molar refractivity (Wildman–Crippen MR) is 130 cm³/mol. The summed E-state index contributed by atoms with van der Waals surface area (Å²) in [6.07, 6.45) is 6.11. The second kappa shape index (κ2) is 9.49. The highest BCUT2D eigenvalue weighted by Gasteiger charge is 2.28. The van der Waals surface area contributed by atoms with Crippen LogP contribution < -0.4 is 5.56 Å². The number of aromatic nitrogens is 1. The van der Waals surface area contributed by atoms with Gasteiger partial charge in [-0.3, -0.25) is 14.3 Å². The molecule has 1 aromatic heterocycles. The minimum Gasteiger partial charge on any atom is -0.478 e. The molecule has 172 valence electrons. The number of benzene rings is 2. The number of piperidine rings is 2. The average Bonchev–Trinajstić information content (AvgIpc) is 2.86. The van der Waals surface area contributed by atoms with Gasteiger partial charge in [-0.25, -0.2) is 4.79 Å². The number of carboxylic acid groups (broad SMARTS) is 1. The molecule has 0 bridgehead atoms. The minimum absolute atomic E-state index is 0.167. The summed E-state index contributed by atoms with van der Waals surface area (Å²) in [6.45, 7) is 4.67. The van der Waals surface area contributed by atoms with Gasteiger partial charge in [-0.05, 0) is 57.0 Å². The monoisotopic (exact) mass is 445 g/mol. The third-order valence-electron chi connectivity index (χ3n) is 7.25. The molecular formula is C27H31N3O3. The summed E-state index contributed by atoms with van der Waals surface area (Å²) in [5, 5.41) is 11.2. The maximum atomic E-state index is 13.6. The maximum absolute atomic E-state index is 13.6. The fraction of sp³-hybridized carbons (Fsp3) is 0.407. The zero-order chi connectivity index (χ0) is 22.8. The molecule has 3 aromatic rings. The summed E-state index contributed by atoms with van der Waals surface area (Å²) in [6, 6.07) is 17.1. The zero-order valence-electron chi connectivity index (χ0n) is 18.9. The number of aromatic carboxylic acids is 1. The van der Waals surface area contributed by atoms with Crippen molar-refractivity contribution < 1.29 is 9.90 Å². The standard InChI is InChI=1S/C27H31N3O3/c31-26-23-12-6-5-11-22(23)25(27(32)33)24(30(26)21-9-3-1-4-10-21)19-28-17-13-20(14-18-28)29-15-7-2-8-16-29/h1,3-6,9-12,20H,2,7-8,13-19H2,(H,32,33). The quantitative estimate of drug-likeness (QED) is 0.639. The van der Waals surface area contributed by atoms with Gasteiger partial charge in [0.15, 0.2) is 0 Å². The normalized spacial score (nSPS) is 18.5. The van der Waals surface area contributed by atoms with E-state index in [4.69, 9.17) is 0 Å². The molecule has 33 heavy (non-hydrogen) atoms. The highest BCUT2D eigenvalue weighted by molar-refractivity contribution is 6.04. The van der Waals surface area contributed by atoms with E-state index < -0.39 is 5.97 Å². The number of fused-ring (bicyclic) bond motifs is 1. The van der Waals surface area contributed by atoms with Crippen molar-refractivity contribution in [2.75, 3.05) is 26.2 Å². The molecule has 0 atom stereocenters. The number of para-hydroxylation sites is 1. The molecule has 2 aromatic carbocycles. The molecule has 2 fully saturated rings. The predicted octanol–water partition coefficient (Wildman–Crippen LogP) is 4.14. The van der Waals surface area contributed by atoms with E-state index in [0.717, 1.165) is 25.9 Å². The van der Waals surface area contributed by atoms with Crippen molar-refractivity contribution in [2.24, 2.45) is 0 Å². The van der Waals surface area contributed by atoms with Crippen molar-refractivity contribution in [3.63, 3.8) is 0 Å². The molecule has 2 saturated heterocycles. The van der Waals surface area contributed by atoms with Gasteiger partial charge in [0.25, 0.3) is 5.56 Å². The number of rotatable bonds is 5. The van der Waals surface area contributed by atoms with Crippen LogP contribution in [0.25, 0.3) is 16.5 Å². The number of carbonyl (C=O) groups is 1. The first-order valence-electron chi connectivity index (χ1n) is 12.1. The highest BCUT2D eigenvalue weighted by atomic mass is 16.4.